The topological polar surface area (TPSA) is 95.6 Å². The van der Waals surface area contributed by atoms with Gasteiger partial charge in [0.2, 0.25) is 0 Å². The summed E-state index contributed by atoms with van der Waals surface area (Å²) in [5.74, 6) is 5.22. The van der Waals surface area contributed by atoms with Crippen LogP contribution >= 0.6 is 7.60 Å². The van der Waals surface area contributed by atoms with Crippen LogP contribution in [0.5, 0.6) is 0 Å². The summed E-state index contributed by atoms with van der Waals surface area (Å²) >= 11 is 0. The van der Waals surface area contributed by atoms with Gasteiger partial charge in [0.05, 0.1) is 12.2 Å². The minimum Gasteiger partial charge on any atom is -0.324 e. The van der Waals surface area contributed by atoms with Crippen LogP contribution in [0.1, 0.15) is 11.6 Å². The molecule has 1 aromatic rings. The van der Waals surface area contributed by atoms with E-state index in [2.05, 4.69) is 5.43 Å². The molecule has 5 N–H and O–H groups in total. The molecule has 0 aliphatic heterocycles. The lowest BCUT2D eigenvalue weighted by atomic mass is 10.1. The fraction of sp³-hybridized carbons (Fsp3) is 0.250. The maximum absolute atomic E-state index is 10.8. The van der Waals surface area contributed by atoms with E-state index in [-0.39, 0.29) is 6.16 Å². The summed E-state index contributed by atoms with van der Waals surface area (Å²) in [6, 6.07) is 8.42. The van der Waals surface area contributed by atoms with Crippen molar-refractivity contribution in [2.45, 2.75) is 6.04 Å². The molecule has 0 spiro atoms. The molecule has 0 saturated heterocycles. The number of rotatable bonds is 4. The molecule has 0 aromatic heterocycles. The Bertz CT molecular complexity index is 325. The second kappa shape index (κ2) is 4.68. The van der Waals surface area contributed by atoms with E-state index in [4.69, 9.17) is 15.6 Å². The zero-order valence-corrected chi connectivity index (χ0v) is 8.39. The van der Waals surface area contributed by atoms with E-state index < -0.39 is 13.6 Å². The summed E-state index contributed by atoms with van der Waals surface area (Å²) < 4.78 is 10.8. The van der Waals surface area contributed by atoms with E-state index in [0.29, 0.717) is 0 Å². The van der Waals surface area contributed by atoms with Crippen LogP contribution in [-0.2, 0) is 4.57 Å². The molecule has 0 aliphatic carbocycles. The Balaban J connectivity index is 2.78. The molecule has 78 valence electrons. The van der Waals surface area contributed by atoms with E-state index in [1.807, 2.05) is 6.07 Å². The molecule has 0 bridgehead atoms. The monoisotopic (exact) mass is 216 g/mol. The van der Waals surface area contributed by atoms with Gasteiger partial charge in [0.25, 0.3) is 0 Å². The number of hydrogen-bond acceptors (Lipinski definition) is 3. The Morgan fingerprint density at radius 3 is 2.36 bits per heavy atom. The molecule has 0 fully saturated rings. The predicted octanol–water partition coefficient (Wildman–Crippen LogP) is 0.369. The summed E-state index contributed by atoms with van der Waals surface area (Å²) in [6.45, 7) is 0. The van der Waals surface area contributed by atoms with Crippen LogP contribution in [0.25, 0.3) is 0 Å². The largest absolute Gasteiger partial charge is 0.327 e. The molecule has 14 heavy (non-hydrogen) atoms. The molecular formula is C8H13N2O3P. The lowest BCUT2D eigenvalue weighted by Gasteiger charge is -2.16. The van der Waals surface area contributed by atoms with E-state index in [0.717, 1.165) is 5.56 Å². The Morgan fingerprint density at radius 2 is 1.93 bits per heavy atom. The first-order valence-electron chi connectivity index (χ1n) is 4.08. The van der Waals surface area contributed by atoms with Gasteiger partial charge in [-0.15, -0.1) is 0 Å². The maximum atomic E-state index is 10.8. The Morgan fingerprint density at radius 1 is 1.36 bits per heavy atom. The first kappa shape index (κ1) is 11.4. The highest BCUT2D eigenvalue weighted by Gasteiger charge is 2.21. The lowest BCUT2D eigenvalue weighted by Crippen LogP contribution is -2.30. The third-order valence-corrected chi connectivity index (χ3v) is 2.66. The minimum atomic E-state index is -4.05. The van der Waals surface area contributed by atoms with E-state index in [1.165, 1.54) is 0 Å². The molecule has 1 atom stereocenters. The van der Waals surface area contributed by atoms with Crippen LogP contribution in [0, 0.1) is 0 Å². The van der Waals surface area contributed by atoms with Crippen molar-refractivity contribution in [3.8, 4) is 0 Å². The summed E-state index contributed by atoms with van der Waals surface area (Å²) in [6.07, 6.45) is -0.298. The quantitative estimate of drug-likeness (QED) is 0.331. The van der Waals surface area contributed by atoms with Gasteiger partial charge in [-0.2, -0.15) is 0 Å². The zero-order chi connectivity index (χ0) is 10.6. The van der Waals surface area contributed by atoms with Crippen LogP contribution in [0.2, 0.25) is 0 Å². The summed E-state index contributed by atoms with van der Waals surface area (Å²) in [5, 5.41) is 0. The molecule has 5 nitrogen and oxygen atoms in total. The smallest absolute Gasteiger partial charge is 0.324 e. The van der Waals surface area contributed by atoms with Crippen LogP contribution in [0.4, 0.5) is 0 Å². The highest BCUT2D eigenvalue weighted by Crippen LogP contribution is 2.38. The van der Waals surface area contributed by atoms with Gasteiger partial charge < -0.3 is 9.79 Å². The molecule has 1 aromatic carbocycles. The fourth-order valence-corrected chi connectivity index (χ4v) is 1.97. The molecule has 1 unspecified atom stereocenters. The highest BCUT2D eigenvalue weighted by molar-refractivity contribution is 7.51. The predicted molar refractivity (Wildman–Crippen MR) is 53.4 cm³/mol. The van der Waals surface area contributed by atoms with Crippen molar-refractivity contribution in [2.24, 2.45) is 5.84 Å². The first-order chi connectivity index (χ1) is 6.53. The van der Waals surface area contributed by atoms with Gasteiger partial charge in [-0.3, -0.25) is 15.8 Å². The molecule has 1 rings (SSSR count). The van der Waals surface area contributed by atoms with Gasteiger partial charge >= 0.3 is 7.60 Å². The van der Waals surface area contributed by atoms with Crippen molar-refractivity contribution in [3.63, 3.8) is 0 Å². The van der Waals surface area contributed by atoms with Crippen LogP contribution in [0.15, 0.2) is 30.3 Å². The lowest BCUT2D eigenvalue weighted by molar-refractivity contribution is 0.364. The normalized spacial score (nSPS) is 13.9. The van der Waals surface area contributed by atoms with E-state index in [9.17, 15) is 4.57 Å². The average Bonchev–Trinajstić information content (AvgIpc) is 2.14. The van der Waals surface area contributed by atoms with Crippen molar-refractivity contribution in [2.75, 3.05) is 6.16 Å². The molecule has 0 heterocycles. The number of benzene rings is 1. The number of hydrogen-bond donors (Lipinski definition) is 4. The van der Waals surface area contributed by atoms with Crippen LogP contribution in [-0.4, -0.2) is 15.9 Å². The van der Waals surface area contributed by atoms with Crippen LogP contribution < -0.4 is 11.3 Å². The second-order valence-electron chi connectivity index (χ2n) is 2.98. The molecule has 0 aliphatic rings. The minimum absolute atomic E-state index is 0.298. The third-order valence-electron chi connectivity index (χ3n) is 1.82. The standard InChI is InChI=1S/C8H13N2O3P/c9-10-8(6-14(11,12)13)7-4-2-1-3-5-7/h1-5,8,10H,6,9H2,(H2,11,12,13). The summed E-state index contributed by atoms with van der Waals surface area (Å²) in [5.41, 5.74) is 3.14. The first-order valence-corrected chi connectivity index (χ1v) is 5.88. The molecular weight excluding hydrogens is 203 g/mol. The Kier molecular flexibility index (Phi) is 3.80. The Labute approximate surface area is 82.1 Å². The van der Waals surface area contributed by atoms with E-state index in [1.54, 1.807) is 24.3 Å². The van der Waals surface area contributed by atoms with E-state index >= 15 is 0 Å². The van der Waals surface area contributed by atoms with Crippen molar-refractivity contribution in [3.05, 3.63) is 35.9 Å². The second-order valence-corrected chi connectivity index (χ2v) is 4.67. The molecule has 0 saturated carbocycles. The SMILES string of the molecule is NNC(CP(=O)(O)O)c1ccccc1. The zero-order valence-electron chi connectivity index (χ0n) is 7.50. The number of nitrogens with one attached hydrogen (secondary N) is 1. The van der Waals surface area contributed by atoms with Crippen molar-refractivity contribution < 1.29 is 14.4 Å². The highest BCUT2D eigenvalue weighted by atomic mass is 31.2. The van der Waals surface area contributed by atoms with Gasteiger partial charge in [0, 0.05) is 0 Å². The summed E-state index contributed by atoms with van der Waals surface area (Å²) in [4.78, 5) is 17.6. The average molecular weight is 216 g/mol. The maximum Gasteiger partial charge on any atom is 0.327 e. The van der Waals surface area contributed by atoms with Gasteiger partial charge in [0.1, 0.15) is 0 Å². The van der Waals surface area contributed by atoms with Crippen molar-refractivity contribution in [1.82, 2.24) is 5.43 Å². The van der Waals surface area contributed by atoms with Crippen molar-refractivity contribution in [1.29, 1.82) is 0 Å². The van der Waals surface area contributed by atoms with Gasteiger partial charge in [-0.25, -0.2) is 0 Å². The van der Waals surface area contributed by atoms with Crippen LogP contribution in [0.3, 0.4) is 0 Å². The summed E-state index contributed by atoms with van der Waals surface area (Å²) in [7, 11) is -4.05. The Hall–Kier alpha value is -0.710. The van der Waals surface area contributed by atoms with Crippen molar-refractivity contribution >= 4 is 7.60 Å². The number of hydrazine groups is 1. The van der Waals surface area contributed by atoms with Gasteiger partial charge in [-0.05, 0) is 5.56 Å². The number of nitrogens with two attached hydrogens (primary N) is 1. The van der Waals surface area contributed by atoms with Gasteiger partial charge in [-0.1, -0.05) is 30.3 Å². The third kappa shape index (κ3) is 3.57. The van der Waals surface area contributed by atoms with Gasteiger partial charge in [0.15, 0.2) is 0 Å². The molecule has 6 heteroatoms. The molecule has 0 amide bonds. The fourth-order valence-electron chi connectivity index (χ4n) is 1.18. The molecule has 0 radical (unpaired) electrons.